The molecule has 1 aromatic rings. The summed E-state index contributed by atoms with van der Waals surface area (Å²) in [7, 11) is 0. The molecule has 0 heterocycles. The zero-order chi connectivity index (χ0) is 28.5. The number of primary amides is 1. The van der Waals surface area contributed by atoms with Crippen LogP contribution in [0.2, 0.25) is 0 Å². The first-order valence-corrected chi connectivity index (χ1v) is 13.0. The van der Waals surface area contributed by atoms with Gasteiger partial charge in [-0.3, -0.25) is 14.4 Å². The lowest BCUT2D eigenvalue weighted by Crippen LogP contribution is -2.55. The summed E-state index contributed by atoms with van der Waals surface area (Å²) in [5.74, 6) is -1.40. The summed E-state index contributed by atoms with van der Waals surface area (Å²) in [6.45, 7) is 16.6. The highest BCUT2D eigenvalue weighted by Gasteiger charge is 2.38. The van der Waals surface area contributed by atoms with E-state index in [1.807, 2.05) is 59.7 Å². The number of nitrogens with two attached hydrogens (primary N) is 1. The molecule has 37 heavy (non-hydrogen) atoms. The van der Waals surface area contributed by atoms with Gasteiger partial charge in [0.05, 0.1) is 0 Å². The molecule has 9 heteroatoms. The Morgan fingerprint density at radius 1 is 1.03 bits per heavy atom. The van der Waals surface area contributed by atoms with Gasteiger partial charge in [-0.25, -0.2) is 4.79 Å². The number of carbonyl (C=O) groups is 4. The highest BCUT2D eigenvalue weighted by atomic mass is 16.6. The van der Waals surface area contributed by atoms with Crippen LogP contribution in [0.25, 0.3) is 0 Å². The van der Waals surface area contributed by atoms with E-state index in [0.717, 1.165) is 24.0 Å². The molecule has 0 saturated carbocycles. The second kappa shape index (κ2) is 14.0. The van der Waals surface area contributed by atoms with Gasteiger partial charge in [-0.1, -0.05) is 37.1 Å². The van der Waals surface area contributed by atoms with E-state index < -0.39 is 41.6 Å². The van der Waals surface area contributed by atoms with Gasteiger partial charge in [-0.05, 0) is 79.4 Å². The van der Waals surface area contributed by atoms with Gasteiger partial charge in [0.15, 0.2) is 0 Å². The van der Waals surface area contributed by atoms with E-state index in [2.05, 4.69) is 10.6 Å². The molecular weight excluding hydrogens is 472 g/mol. The third-order valence-electron chi connectivity index (χ3n) is 5.85. The van der Waals surface area contributed by atoms with E-state index in [4.69, 9.17) is 10.5 Å². The molecule has 3 atom stereocenters. The van der Waals surface area contributed by atoms with Crippen molar-refractivity contribution >= 4 is 23.8 Å². The Morgan fingerprint density at radius 3 is 2.16 bits per heavy atom. The van der Waals surface area contributed by atoms with Crippen LogP contribution < -0.4 is 16.4 Å². The topological polar surface area (TPSA) is 131 Å². The molecule has 0 aromatic heterocycles. The summed E-state index contributed by atoms with van der Waals surface area (Å²) in [5, 5.41) is 5.66. The first-order chi connectivity index (χ1) is 17.1. The minimum Gasteiger partial charge on any atom is -0.444 e. The molecule has 0 radical (unpaired) electrons. The van der Waals surface area contributed by atoms with Crippen LogP contribution in [-0.4, -0.2) is 52.4 Å². The number of nitrogens with one attached hydrogen (secondary N) is 2. The molecule has 0 bridgehead atoms. The fraction of sp³-hybridized carbons (Fsp3) is 0.643. The molecule has 3 unspecified atom stereocenters. The average Bonchev–Trinajstić information content (AvgIpc) is 2.74. The number of carbonyl (C=O) groups excluding carboxylic acids is 4. The van der Waals surface area contributed by atoms with Crippen molar-refractivity contribution in [2.75, 3.05) is 0 Å². The predicted molar refractivity (Wildman–Crippen MR) is 145 cm³/mol. The Kier molecular flexibility index (Phi) is 12.1. The predicted octanol–water partition coefficient (Wildman–Crippen LogP) is 4.05. The Balaban J connectivity index is 3.56. The lowest BCUT2D eigenvalue weighted by molar-refractivity contribution is -0.145. The number of benzene rings is 1. The minimum absolute atomic E-state index is 0.0238. The number of alkyl carbamates (subject to hydrolysis) is 1. The van der Waals surface area contributed by atoms with Gasteiger partial charge in [0.1, 0.15) is 17.7 Å². The summed E-state index contributed by atoms with van der Waals surface area (Å²) in [6, 6.07) is 3.25. The number of ether oxygens (including phenoxy) is 1. The fourth-order valence-electron chi connectivity index (χ4n) is 4.15. The van der Waals surface area contributed by atoms with Crippen LogP contribution in [0, 0.1) is 13.8 Å². The maximum Gasteiger partial charge on any atom is 0.408 e. The lowest BCUT2D eigenvalue weighted by atomic mass is 9.94. The minimum atomic E-state index is -1.11. The standard InChI is InChI=1S/C28H46N4O5/c1-10-11-20(6)30-25(34)24(21-16-18(4)12-13-19(21)5)32(17(2)3)26(35)22(14-15-23(29)33)31-27(36)37-28(7,8)9/h12-13,16-17,20,22,24H,10-11,14-15H2,1-9H3,(H2,29,33)(H,30,34)(H,31,36). The maximum absolute atomic E-state index is 14.0. The van der Waals surface area contributed by atoms with Gasteiger partial charge in [0, 0.05) is 18.5 Å². The van der Waals surface area contributed by atoms with Gasteiger partial charge >= 0.3 is 6.09 Å². The van der Waals surface area contributed by atoms with Crippen LogP contribution in [0.1, 0.15) is 96.9 Å². The molecule has 0 aliphatic heterocycles. The van der Waals surface area contributed by atoms with Crippen LogP contribution in [0.3, 0.4) is 0 Å². The number of hydrogen-bond acceptors (Lipinski definition) is 5. The third-order valence-corrected chi connectivity index (χ3v) is 5.85. The second-order valence-electron chi connectivity index (χ2n) is 11.0. The van der Waals surface area contributed by atoms with Gasteiger partial charge in [-0.2, -0.15) is 0 Å². The molecule has 9 nitrogen and oxygen atoms in total. The van der Waals surface area contributed by atoms with Crippen molar-refractivity contribution in [2.24, 2.45) is 5.73 Å². The molecule has 0 spiro atoms. The van der Waals surface area contributed by atoms with Crippen molar-refractivity contribution in [3.63, 3.8) is 0 Å². The Morgan fingerprint density at radius 2 is 1.65 bits per heavy atom. The van der Waals surface area contributed by atoms with Gasteiger partial charge < -0.3 is 26.0 Å². The third kappa shape index (κ3) is 10.4. The summed E-state index contributed by atoms with van der Waals surface area (Å²) in [5.41, 5.74) is 7.09. The van der Waals surface area contributed by atoms with Crippen molar-refractivity contribution < 1.29 is 23.9 Å². The number of amides is 4. The molecule has 4 amide bonds. The van der Waals surface area contributed by atoms with Crippen molar-refractivity contribution in [3.8, 4) is 0 Å². The largest absolute Gasteiger partial charge is 0.444 e. The summed E-state index contributed by atoms with van der Waals surface area (Å²) >= 11 is 0. The molecule has 1 aromatic carbocycles. The molecule has 0 aliphatic carbocycles. The molecular formula is C28H46N4O5. The van der Waals surface area contributed by atoms with Crippen LogP contribution in [0.4, 0.5) is 4.79 Å². The quantitative estimate of drug-likeness (QED) is 0.384. The normalized spacial score (nSPS) is 13.9. The van der Waals surface area contributed by atoms with Crippen LogP contribution >= 0.6 is 0 Å². The van der Waals surface area contributed by atoms with Crippen LogP contribution in [0.15, 0.2) is 18.2 Å². The van der Waals surface area contributed by atoms with E-state index in [9.17, 15) is 19.2 Å². The smallest absolute Gasteiger partial charge is 0.408 e. The van der Waals surface area contributed by atoms with Crippen molar-refractivity contribution in [3.05, 3.63) is 34.9 Å². The highest BCUT2D eigenvalue weighted by Crippen LogP contribution is 2.29. The van der Waals surface area contributed by atoms with Gasteiger partial charge in [0.25, 0.3) is 0 Å². The lowest BCUT2D eigenvalue weighted by Gasteiger charge is -2.38. The van der Waals surface area contributed by atoms with Gasteiger partial charge in [-0.15, -0.1) is 0 Å². The zero-order valence-electron chi connectivity index (χ0n) is 23.9. The summed E-state index contributed by atoms with van der Waals surface area (Å²) in [6.07, 6.45) is 0.763. The average molecular weight is 519 g/mol. The Bertz CT molecular complexity index is 954. The summed E-state index contributed by atoms with van der Waals surface area (Å²) in [4.78, 5) is 53.4. The maximum atomic E-state index is 14.0. The molecule has 4 N–H and O–H groups in total. The zero-order valence-corrected chi connectivity index (χ0v) is 23.9. The van der Waals surface area contributed by atoms with E-state index >= 15 is 0 Å². The number of aryl methyl sites for hydroxylation is 2. The number of hydrogen-bond donors (Lipinski definition) is 3. The molecule has 0 fully saturated rings. The van der Waals surface area contributed by atoms with Gasteiger partial charge in [0.2, 0.25) is 17.7 Å². The van der Waals surface area contributed by atoms with E-state index in [1.165, 1.54) is 4.90 Å². The summed E-state index contributed by atoms with van der Waals surface area (Å²) < 4.78 is 5.36. The highest BCUT2D eigenvalue weighted by molar-refractivity contribution is 5.93. The van der Waals surface area contributed by atoms with E-state index in [-0.39, 0.29) is 24.8 Å². The SMILES string of the molecule is CCCC(C)NC(=O)C(c1cc(C)ccc1C)N(C(=O)C(CCC(N)=O)NC(=O)OC(C)(C)C)C(C)C. The molecule has 1 rings (SSSR count). The second-order valence-corrected chi connectivity index (χ2v) is 11.0. The van der Waals surface area contributed by atoms with Crippen molar-refractivity contribution in [2.45, 2.75) is 118 Å². The molecule has 0 saturated heterocycles. The van der Waals surface area contributed by atoms with Crippen LogP contribution in [-0.2, 0) is 19.1 Å². The molecule has 208 valence electrons. The number of rotatable bonds is 12. The van der Waals surface area contributed by atoms with E-state index in [0.29, 0.717) is 5.56 Å². The van der Waals surface area contributed by atoms with Crippen molar-refractivity contribution in [1.82, 2.24) is 15.5 Å². The monoisotopic (exact) mass is 518 g/mol. The van der Waals surface area contributed by atoms with Crippen LogP contribution in [0.5, 0.6) is 0 Å². The fourth-order valence-corrected chi connectivity index (χ4v) is 4.15. The Hall–Kier alpha value is -3.10. The first kappa shape index (κ1) is 31.9. The van der Waals surface area contributed by atoms with E-state index in [1.54, 1.807) is 20.8 Å². The molecule has 0 aliphatic rings. The number of nitrogens with zero attached hydrogens (tertiary/aromatic N) is 1. The van der Waals surface area contributed by atoms with Crippen molar-refractivity contribution in [1.29, 1.82) is 0 Å². The first-order valence-electron chi connectivity index (χ1n) is 13.0. The Labute approximate surface area is 221 Å².